The van der Waals surface area contributed by atoms with E-state index in [0.29, 0.717) is 0 Å². The summed E-state index contributed by atoms with van der Waals surface area (Å²) in [5.41, 5.74) is 0.0151. The van der Waals surface area contributed by atoms with Crippen LogP contribution in [0.25, 0.3) is 0 Å². The van der Waals surface area contributed by atoms with Crippen molar-refractivity contribution in [3.05, 3.63) is 37.1 Å². The maximum absolute atomic E-state index is 3.79. The van der Waals surface area contributed by atoms with Gasteiger partial charge in [0.1, 0.15) is 7.05 Å². The van der Waals surface area contributed by atoms with Crippen molar-refractivity contribution in [2.24, 2.45) is 5.41 Å². The Hall–Kier alpha value is -1.11. The van der Waals surface area contributed by atoms with Gasteiger partial charge in [0, 0.05) is 5.41 Å². The summed E-state index contributed by atoms with van der Waals surface area (Å²) in [4.78, 5) is 0. The van der Waals surface area contributed by atoms with Gasteiger partial charge in [-0.2, -0.15) is 0 Å². The van der Waals surface area contributed by atoms with E-state index in [9.17, 15) is 0 Å². The maximum Gasteiger partial charge on any atom is 0.168 e. The maximum atomic E-state index is 3.79. The number of rotatable bonds is 1. The first kappa shape index (κ1) is 7.99. The lowest BCUT2D eigenvalue weighted by Gasteiger charge is -2.12. The molecule has 0 aliphatic carbocycles. The topological polar surface area (TPSA) is 3.01 Å². The second-order valence-corrected chi connectivity index (χ2v) is 3.06. The first-order chi connectivity index (χ1) is 5.16. The summed E-state index contributed by atoms with van der Waals surface area (Å²) in [6.45, 7) is 5.91. The SMILES string of the molecule is C=CC1(C)C=CC=[N+](C)C=C1. The molecule has 0 radical (unpaired) electrons. The van der Waals surface area contributed by atoms with Crippen molar-refractivity contribution in [3.63, 3.8) is 0 Å². The molecule has 0 aromatic carbocycles. The number of hydrogen-bond donors (Lipinski definition) is 0. The number of hydrogen-bond acceptors (Lipinski definition) is 0. The second kappa shape index (κ2) is 2.87. The summed E-state index contributed by atoms with van der Waals surface area (Å²) in [5.74, 6) is 0. The smallest absolute Gasteiger partial charge is 0.168 e. The Morgan fingerprint density at radius 1 is 1.45 bits per heavy atom. The van der Waals surface area contributed by atoms with Crippen molar-refractivity contribution in [3.8, 4) is 0 Å². The molecule has 0 bridgehead atoms. The van der Waals surface area contributed by atoms with Gasteiger partial charge in [0.2, 0.25) is 0 Å². The molecule has 0 spiro atoms. The summed E-state index contributed by atoms with van der Waals surface area (Å²) in [6.07, 6.45) is 12.3. The first-order valence-electron chi connectivity index (χ1n) is 3.74. The van der Waals surface area contributed by atoms with Crippen LogP contribution in [0, 0.1) is 5.41 Å². The number of allylic oxidation sites excluding steroid dienone is 4. The highest BCUT2D eigenvalue weighted by atomic mass is 14.9. The predicted molar refractivity (Wildman–Crippen MR) is 48.8 cm³/mol. The monoisotopic (exact) mass is 148 g/mol. The molecule has 0 saturated carbocycles. The quantitative estimate of drug-likeness (QED) is 0.395. The fourth-order valence-electron chi connectivity index (χ4n) is 0.906. The number of nitrogens with zero attached hydrogens (tertiary/aromatic N) is 1. The van der Waals surface area contributed by atoms with Crippen LogP contribution in [0.5, 0.6) is 0 Å². The summed E-state index contributed by atoms with van der Waals surface area (Å²) in [7, 11) is 2.01. The third-order valence-corrected chi connectivity index (χ3v) is 1.89. The third-order valence-electron chi connectivity index (χ3n) is 1.89. The molecular weight excluding hydrogens is 134 g/mol. The van der Waals surface area contributed by atoms with Gasteiger partial charge in [-0.25, -0.2) is 4.58 Å². The van der Waals surface area contributed by atoms with Crippen molar-refractivity contribution in [2.45, 2.75) is 6.92 Å². The Morgan fingerprint density at radius 2 is 2.18 bits per heavy atom. The van der Waals surface area contributed by atoms with E-state index in [4.69, 9.17) is 0 Å². The van der Waals surface area contributed by atoms with Crippen LogP contribution in [-0.4, -0.2) is 17.8 Å². The predicted octanol–water partition coefficient (Wildman–Crippen LogP) is 1.98. The minimum Gasteiger partial charge on any atom is -0.208 e. The third kappa shape index (κ3) is 1.90. The zero-order chi connectivity index (χ0) is 8.32. The van der Waals surface area contributed by atoms with Crippen LogP contribution in [0.1, 0.15) is 6.92 Å². The van der Waals surface area contributed by atoms with Gasteiger partial charge >= 0.3 is 0 Å². The van der Waals surface area contributed by atoms with Crippen LogP contribution in [-0.2, 0) is 0 Å². The molecule has 1 heteroatoms. The van der Waals surface area contributed by atoms with Crippen molar-refractivity contribution < 1.29 is 4.58 Å². The lowest BCUT2D eigenvalue weighted by molar-refractivity contribution is -0.416. The molecule has 1 aliphatic heterocycles. The molecule has 1 rings (SSSR count). The molecule has 1 nitrogen and oxygen atoms in total. The highest BCUT2D eigenvalue weighted by Gasteiger charge is 2.14. The molecule has 11 heavy (non-hydrogen) atoms. The molecule has 0 fully saturated rings. The van der Waals surface area contributed by atoms with Crippen molar-refractivity contribution in [1.82, 2.24) is 0 Å². The minimum absolute atomic E-state index is 0.0151. The molecule has 58 valence electrons. The molecule has 0 aromatic rings. The van der Waals surface area contributed by atoms with E-state index < -0.39 is 0 Å². The van der Waals surface area contributed by atoms with E-state index >= 15 is 0 Å². The van der Waals surface area contributed by atoms with E-state index in [-0.39, 0.29) is 5.41 Å². The van der Waals surface area contributed by atoms with Gasteiger partial charge in [0.15, 0.2) is 12.4 Å². The summed E-state index contributed by atoms with van der Waals surface area (Å²) in [5, 5.41) is 0. The van der Waals surface area contributed by atoms with Crippen LogP contribution in [0.2, 0.25) is 0 Å². The van der Waals surface area contributed by atoms with E-state index in [2.05, 4.69) is 25.7 Å². The van der Waals surface area contributed by atoms with Gasteiger partial charge in [0.25, 0.3) is 0 Å². The average Bonchev–Trinajstić information content (AvgIpc) is 2.15. The zero-order valence-electron chi connectivity index (χ0n) is 7.12. The van der Waals surface area contributed by atoms with Gasteiger partial charge < -0.3 is 0 Å². The summed E-state index contributed by atoms with van der Waals surface area (Å²) >= 11 is 0. The molecule has 0 amide bonds. The van der Waals surface area contributed by atoms with Gasteiger partial charge in [-0.05, 0) is 19.1 Å². The van der Waals surface area contributed by atoms with E-state index in [1.165, 1.54) is 0 Å². The largest absolute Gasteiger partial charge is 0.208 e. The van der Waals surface area contributed by atoms with Gasteiger partial charge in [-0.1, -0.05) is 12.2 Å². The fourth-order valence-corrected chi connectivity index (χ4v) is 0.906. The normalized spacial score (nSPS) is 29.5. The second-order valence-electron chi connectivity index (χ2n) is 3.06. The molecule has 1 unspecified atom stereocenters. The van der Waals surface area contributed by atoms with E-state index in [1.807, 2.05) is 36.2 Å². The Kier molecular flexibility index (Phi) is 2.08. The fraction of sp³-hybridized carbons (Fsp3) is 0.300. The molecule has 1 atom stereocenters. The standard InChI is InChI=1S/C10H14N/c1-4-10(2)6-5-8-11(3)9-7-10/h4-9H,1H2,2-3H3/q+1. The first-order valence-corrected chi connectivity index (χ1v) is 3.74. The van der Waals surface area contributed by atoms with E-state index in [1.54, 1.807) is 0 Å². The molecular formula is C10H14N+. The minimum atomic E-state index is 0.0151. The average molecular weight is 148 g/mol. The Bertz CT molecular complexity index is 246. The summed E-state index contributed by atoms with van der Waals surface area (Å²) < 4.78 is 2.02. The highest BCUT2D eigenvalue weighted by molar-refractivity contribution is 5.67. The lowest BCUT2D eigenvalue weighted by atomic mass is 9.91. The highest BCUT2D eigenvalue weighted by Crippen LogP contribution is 2.21. The van der Waals surface area contributed by atoms with Gasteiger partial charge in [-0.15, -0.1) is 6.58 Å². The van der Waals surface area contributed by atoms with Crippen molar-refractivity contribution in [1.29, 1.82) is 0 Å². The summed E-state index contributed by atoms with van der Waals surface area (Å²) in [6, 6.07) is 0. The van der Waals surface area contributed by atoms with E-state index in [0.717, 1.165) is 0 Å². The van der Waals surface area contributed by atoms with Crippen LogP contribution in [0.15, 0.2) is 37.1 Å². The van der Waals surface area contributed by atoms with Crippen LogP contribution < -0.4 is 0 Å². The van der Waals surface area contributed by atoms with Crippen LogP contribution in [0.4, 0.5) is 0 Å². The van der Waals surface area contributed by atoms with Gasteiger partial charge in [-0.3, -0.25) is 0 Å². The molecule has 0 N–H and O–H groups in total. The zero-order valence-corrected chi connectivity index (χ0v) is 7.12. The van der Waals surface area contributed by atoms with Crippen LogP contribution >= 0.6 is 0 Å². The Labute approximate surface area is 68.1 Å². The lowest BCUT2D eigenvalue weighted by Crippen LogP contribution is -2.03. The van der Waals surface area contributed by atoms with Crippen molar-refractivity contribution in [2.75, 3.05) is 7.05 Å². The van der Waals surface area contributed by atoms with Crippen LogP contribution in [0.3, 0.4) is 0 Å². The molecule has 1 aliphatic rings. The molecule has 0 aromatic heterocycles. The Morgan fingerprint density at radius 3 is 2.82 bits per heavy atom. The Balaban J connectivity index is 2.95. The molecule has 1 heterocycles. The molecule has 0 saturated heterocycles. The van der Waals surface area contributed by atoms with Crippen molar-refractivity contribution >= 4 is 6.21 Å². The van der Waals surface area contributed by atoms with Gasteiger partial charge in [0.05, 0.1) is 0 Å².